The van der Waals surface area contributed by atoms with Crippen LogP contribution in [0.3, 0.4) is 0 Å². The van der Waals surface area contributed by atoms with Crippen molar-refractivity contribution in [2.75, 3.05) is 6.54 Å². The molecule has 0 spiro atoms. The Morgan fingerprint density at radius 2 is 2.26 bits per heavy atom. The number of carbonyl (C=O) groups is 1. The zero-order valence-electron chi connectivity index (χ0n) is 13.1. The van der Waals surface area contributed by atoms with Crippen LogP contribution in [0.1, 0.15) is 43.1 Å². The molecule has 0 aliphatic carbocycles. The van der Waals surface area contributed by atoms with Crippen LogP contribution in [0.5, 0.6) is 5.75 Å². The Labute approximate surface area is 134 Å². The number of hydrogen-bond acceptors (Lipinski definition) is 5. The summed E-state index contributed by atoms with van der Waals surface area (Å²) < 4.78 is 11.0. The lowest BCUT2D eigenvalue weighted by atomic mass is 10.1. The third-order valence-corrected chi connectivity index (χ3v) is 4.54. The van der Waals surface area contributed by atoms with Crippen LogP contribution < -0.4 is 4.74 Å². The first-order valence-corrected chi connectivity index (χ1v) is 8.13. The topological polar surface area (TPSA) is 68.5 Å². The molecular formula is C17H19N3O3. The van der Waals surface area contributed by atoms with Gasteiger partial charge in [-0.05, 0) is 24.5 Å². The Bertz CT molecular complexity index is 702. The molecule has 2 aromatic rings. The number of carbonyl (C=O) groups excluding carboxylic acids is 1. The van der Waals surface area contributed by atoms with E-state index < -0.39 is 6.10 Å². The summed E-state index contributed by atoms with van der Waals surface area (Å²) in [5.41, 5.74) is 1.09. The summed E-state index contributed by atoms with van der Waals surface area (Å²) in [4.78, 5) is 19.1. The highest BCUT2D eigenvalue weighted by Crippen LogP contribution is 2.34. The first-order valence-electron chi connectivity index (χ1n) is 8.13. The van der Waals surface area contributed by atoms with E-state index in [-0.39, 0.29) is 11.9 Å². The minimum absolute atomic E-state index is 0.0200. The molecule has 2 aliphatic heterocycles. The second kappa shape index (κ2) is 5.68. The van der Waals surface area contributed by atoms with Crippen molar-refractivity contribution in [2.24, 2.45) is 0 Å². The lowest BCUT2D eigenvalue weighted by Gasteiger charge is -2.25. The summed E-state index contributed by atoms with van der Waals surface area (Å²) in [5.74, 6) is 2.06. The molecule has 6 heteroatoms. The number of hydrogen-bond donors (Lipinski definition) is 0. The minimum atomic E-state index is -0.439. The van der Waals surface area contributed by atoms with E-state index in [0.29, 0.717) is 24.6 Å². The van der Waals surface area contributed by atoms with Gasteiger partial charge in [0.1, 0.15) is 5.75 Å². The van der Waals surface area contributed by atoms with Crippen LogP contribution in [0, 0.1) is 0 Å². The number of nitrogens with zero attached hydrogens (tertiary/aromatic N) is 3. The molecule has 6 nitrogen and oxygen atoms in total. The molecule has 2 aliphatic rings. The number of amides is 1. The average Bonchev–Trinajstić information content (AvgIpc) is 3.30. The molecule has 0 radical (unpaired) electrons. The number of rotatable bonds is 3. The van der Waals surface area contributed by atoms with Gasteiger partial charge in [0.25, 0.3) is 5.91 Å². The summed E-state index contributed by atoms with van der Waals surface area (Å²) in [7, 11) is 0. The second-order valence-electron chi connectivity index (χ2n) is 6.01. The fourth-order valence-electron chi connectivity index (χ4n) is 3.35. The van der Waals surface area contributed by atoms with E-state index in [1.165, 1.54) is 0 Å². The Morgan fingerprint density at radius 1 is 1.39 bits per heavy atom. The van der Waals surface area contributed by atoms with Gasteiger partial charge >= 0.3 is 0 Å². The van der Waals surface area contributed by atoms with Crippen LogP contribution >= 0.6 is 0 Å². The maximum atomic E-state index is 12.9. The van der Waals surface area contributed by atoms with E-state index >= 15 is 0 Å². The molecule has 0 N–H and O–H groups in total. The van der Waals surface area contributed by atoms with Crippen LogP contribution in [0.2, 0.25) is 0 Å². The summed E-state index contributed by atoms with van der Waals surface area (Å²) in [6.45, 7) is 2.69. The number of likely N-dealkylation sites (tertiary alicyclic amines) is 1. The van der Waals surface area contributed by atoms with Gasteiger partial charge in [-0.1, -0.05) is 30.3 Å². The van der Waals surface area contributed by atoms with Gasteiger partial charge in [0, 0.05) is 19.4 Å². The molecular weight excluding hydrogens is 294 g/mol. The number of fused-ring (bicyclic) bond motifs is 1. The molecule has 0 saturated carbocycles. The standard InChI is InChI=1S/C17H19N3O3/c1-2-15-18-16(19-23-15)12-7-5-9-20(12)17(21)14-10-11-6-3-4-8-13(11)22-14/h3-4,6,8,12,14H,2,5,7,9-10H2,1H3/t12-,14+/m0/s1. The molecule has 1 aromatic carbocycles. The Hall–Kier alpha value is -2.37. The zero-order chi connectivity index (χ0) is 15.8. The van der Waals surface area contributed by atoms with Crippen LogP contribution in [0.15, 0.2) is 28.8 Å². The van der Waals surface area contributed by atoms with Crippen molar-refractivity contribution in [1.82, 2.24) is 15.0 Å². The second-order valence-corrected chi connectivity index (χ2v) is 6.01. The van der Waals surface area contributed by atoms with Gasteiger partial charge in [-0.2, -0.15) is 4.98 Å². The van der Waals surface area contributed by atoms with Crippen LogP contribution in [0.25, 0.3) is 0 Å². The van der Waals surface area contributed by atoms with Gasteiger partial charge in [0.05, 0.1) is 6.04 Å². The fraction of sp³-hybridized carbons (Fsp3) is 0.471. The van der Waals surface area contributed by atoms with Gasteiger partial charge < -0.3 is 14.2 Å². The van der Waals surface area contributed by atoms with E-state index in [1.54, 1.807) is 0 Å². The Balaban J connectivity index is 1.52. The van der Waals surface area contributed by atoms with E-state index in [2.05, 4.69) is 10.1 Å². The maximum absolute atomic E-state index is 12.9. The first-order chi connectivity index (χ1) is 11.3. The predicted molar refractivity (Wildman–Crippen MR) is 81.9 cm³/mol. The summed E-state index contributed by atoms with van der Waals surface area (Å²) >= 11 is 0. The number of aryl methyl sites for hydroxylation is 1. The third-order valence-electron chi connectivity index (χ3n) is 4.54. The fourth-order valence-corrected chi connectivity index (χ4v) is 3.35. The molecule has 23 heavy (non-hydrogen) atoms. The summed E-state index contributed by atoms with van der Waals surface area (Å²) in [6.07, 6.45) is 2.71. The highest BCUT2D eigenvalue weighted by Gasteiger charge is 2.39. The predicted octanol–water partition coefficient (Wildman–Crippen LogP) is 2.30. The highest BCUT2D eigenvalue weighted by atomic mass is 16.5. The lowest BCUT2D eigenvalue weighted by Crippen LogP contribution is -2.41. The van der Waals surface area contributed by atoms with Crippen molar-refractivity contribution < 1.29 is 14.1 Å². The minimum Gasteiger partial charge on any atom is -0.480 e. The van der Waals surface area contributed by atoms with Crippen molar-refractivity contribution in [3.63, 3.8) is 0 Å². The van der Waals surface area contributed by atoms with E-state index in [1.807, 2.05) is 36.1 Å². The number of ether oxygens (including phenoxy) is 1. The molecule has 1 saturated heterocycles. The monoisotopic (exact) mass is 313 g/mol. The molecule has 2 atom stereocenters. The van der Waals surface area contributed by atoms with E-state index in [0.717, 1.165) is 30.7 Å². The first kappa shape index (κ1) is 14.2. The van der Waals surface area contributed by atoms with Crippen molar-refractivity contribution in [2.45, 2.75) is 44.8 Å². The molecule has 1 fully saturated rings. The SMILES string of the molecule is CCc1nc([C@@H]2CCCN2C(=O)[C@H]2Cc3ccccc3O2)no1. The molecule has 1 amide bonds. The van der Waals surface area contributed by atoms with Crippen molar-refractivity contribution in [3.8, 4) is 5.75 Å². The number of benzene rings is 1. The average molecular weight is 313 g/mol. The molecule has 4 rings (SSSR count). The van der Waals surface area contributed by atoms with Gasteiger partial charge in [-0.25, -0.2) is 0 Å². The van der Waals surface area contributed by atoms with Gasteiger partial charge in [-0.15, -0.1) is 0 Å². The van der Waals surface area contributed by atoms with Crippen molar-refractivity contribution in [1.29, 1.82) is 0 Å². The Morgan fingerprint density at radius 3 is 3.04 bits per heavy atom. The Kier molecular flexibility index (Phi) is 3.52. The quantitative estimate of drug-likeness (QED) is 0.869. The third kappa shape index (κ3) is 2.48. The van der Waals surface area contributed by atoms with Gasteiger partial charge in [-0.3, -0.25) is 4.79 Å². The molecule has 3 heterocycles. The molecule has 120 valence electrons. The smallest absolute Gasteiger partial charge is 0.264 e. The number of para-hydroxylation sites is 1. The van der Waals surface area contributed by atoms with Gasteiger partial charge in [0.2, 0.25) is 5.89 Å². The normalized spacial score (nSPS) is 22.9. The maximum Gasteiger partial charge on any atom is 0.264 e. The highest BCUT2D eigenvalue weighted by molar-refractivity contribution is 5.83. The van der Waals surface area contributed by atoms with Crippen LogP contribution in [0.4, 0.5) is 0 Å². The number of aromatic nitrogens is 2. The zero-order valence-corrected chi connectivity index (χ0v) is 13.1. The van der Waals surface area contributed by atoms with Crippen LogP contribution in [-0.4, -0.2) is 33.6 Å². The lowest BCUT2D eigenvalue weighted by molar-refractivity contribution is -0.139. The molecule has 0 bridgehead atoms. The molecule has 0 unspecified atom stereocenters. The van der Waals surface area contributed by atoms with Crippen molar-refractivity contribution >= 4 is 5.91 Å². The summed E-state index contributed by atoms with van der Waals surface area (Å²) in [5, 5.41) is 4.05. The largest absolute Gasteiger partial charge is 0.480 e. The van der Waals surface area contributed by atoms with Crippen LogP contribution in [-0.2, 0) is 17.6 Å². The molecule has 1 aromatic heterocycles. The van der Waals surface area contributed by atoms with E-state index in [4.69, 9.17) is 9.26 Å². The van der Waals surface area contributed by atoms with Gasteiger partial charge in [0.15, 0.2) is 11.9 Å². The van der Waals surface area contributed by atoms with Crippen molar-refractivity contribution in [3.05, 3.63) is 41.5 Å². The summed E-state index contributed by atoms with van der Waals surface area (Å²) in [6, 6.07) is 7.72. The van der Waals surface area contributed by atoms with E-state index in [9.17, 15) is 4.79 Å².